The lowest BCUT2D eigenvalue weighted by Crippen LogP contribution is -2.39. The van der Waals surface area contributed by atoms with Crippen molar-refractivity contribution in [1.29, 1.82) is 0 Å². The first-order valence-electron chi connectivity index (χ1n) is 9.70. The van der Waals surface area contributed by atoms with E-state index in [-0.39, 0.29) is 24.1 Å². The number of rotatable bonds is 5. The maximum absolute atomic E-state index is 13.1. The number of carbonyl (C=O) groups excluding carboxylic acids is 1. The minimum absolute atomic E-state index is 0.0582. The molecule has 0 aliphatic heterocycles. The molecular weight excluding hydrogens is 386 g/mol. The number of fused-ring (bicyclic) bond motifs is 3. The lowest BCUT2D eigenvalue weighted by molar-refractivity contribution is -0.133. The van der Waals surface area contributed by atoms with E-state index in [0.717, 1.165) is 28.8 Å². The first-order chi connectivity index (χ1) is 14.0. The molecule has 0 atom stereocenters. The molecule has 4 heterocycles. The molecule has 0 spiro atoms. The second-order valence-corrected chi connectivity index (χ2v) is 8.84. The van der Waals surface area contributed by atoms with Gasteiger partial charge in [-0.2, -0.15) is 5.10 Å². The van der Waals surface area contributed by atoms with E-state index in [0.29, 0.717) is 17.9 Å². The van der Waals surface area contributed by atoms with E-state index in [1.165, 1.54) is 9.56 Å². The fraction of sp³-hybridized carbons (Fsp3) is 0.333. The van der Waals surface area contributed by atoms with Crippen LogP contribution in [0.3, 0.4) is 0 Å². The highest BCUT2D eigenvalue weighted by molar-refractivity contribution is 7.19. The van der Waals surface area contributed by atoms with Crippen molar-refractivity contribution in [1.82, 2.24) is 24.1 Å². The highest BCUT2D eigenvalue weighted by atomic mass is 32.1. The van der Waals surface area contributed by atoms with Crippen molar-refractivity contribution in [3.63, 3.8) is 0 Å². The highest BCUT2D eigenvalue weighted by Crippen LogP contribution is 2.29. The summed E-state index contributed by atoms with van der Waals surface area (Å²) in [6.45, 7) is 4.32. The molecule has 0 aromatic carbocycles. The summed E-state index contributed by atoms with van der Waals surface area (Å²) in [7, 11) is 0. The number of aromatic nitrogens is 4. The van der Waals surface area contributed by atoms with Gasteiger partial charge in [-0.3, -0.25) is 19.0 Å². The fourth-order valence-electron chi connectivity index (χ4n) is 3.82. The van der Waals surface area contributed by atoms with E-state index >= 15 is 0 Å². The summed E-state index contributed by atoms with van der Waals surface area (Å²) in [4.78, 5) is 33.5. The minimum Gasteiger partial charge on any atom is -0.332 e. The molecule has 7 nitrogen and oxygen atoms in total. The smallest absolute Gasteiger partial charge is 0.291 e. The first kappa shape index (κ1) is 18.1. The normalized spacial score (nSPS) is 14.0. The van der Waals surface area contributed by atoms with Crippen molar-refractivity contribution < 1.29 is 4.79 Å². The highest BCUT2D eigenvalue weighted by Gasteiger charge is 2.33. The number of hydrogen-bond donors (Lipinski definition) is 0. The van der Waals surface area contributed by atoms with Gasteiger partial charge >= 0.3 is 0 Å². The Hall–Kier alpha value is -3.00. The Kier molecular flexibility index (Phi) is 4.24. The zero-order chi connectivity index (χ0) is 20.1. The van der Waals surface area contributed by atoms with E-state index < -0.39 is 0 Å². The lowest BCUT2D eigenvalue weighted by atomic mass is 10.3. The van der Waals surface area contributed by atoms with Gasteiger partial charge in [-0.1, -0.05) is 6.07 Å². The van der Waals surface area contributed by atoms with Crippen LogP contribution in [0.5, 0.6) is 0 Å². The van der Waals surface area contributed by atoms with E-state index in [2.05, 4.69) is 16.1 Å². The molecule has 0 bridgehead atoms. The van der Waals surface area contributed by atoms with Crippen LogP contribution in [-0.4, -0.2) is 36.0 Å². The number of nitrogens with zero attached hydrogens (tertiary/aromatic N) is 5. The Morgan fingerprint density at radius 1 is 1.24 bits per heavy atom. The number of carbonyl (C=O) groups is 1. The van der Waals surface area contributed by atoms with Crippen LogP contribution in [0.25, 0.3) is 15.7 Å². The maximum Gasteiger partial charge on any atom is 0.291 e. The van der Waals surface area contributed by atoms with Crippen LogP contribution in [-0.2, 0) is 17.9 Å². The van der Waals surface area contributed by atoms with Gasteiger partial charge in [0.2, 0.25) is 5.91 Å². The Balaban J connectivity index is 1.48. The van der Waals surface area contributed by atoms with Crippen LogP contribution in [0, 0.1) is 13.8 Å². The molecule has 4 aromatic heterocycles. The molecule has 0 saturated heterocycles. The monoisotopic (exact) mass is 407 g/mol. The van der Waals surface area contributed by atoms with Crippen LogP contribution in [0.2, 0.25) is 0 Å². The molecule has 4 aromatic rings. The van der Waals surface area contributed by atoms with Gasteiger partial charge < -0.3 is 4.90 Å². The summed E-state index contributed by atoms with van der Waals surface area (Å²) in [5.41, 5.74) is 2.17. The van der Waals surface area contributed by atoms with Gasteiger partial charge in [-0.25, -0.2) is 4.68 Å². The van der Waals surface area contributed by atoms with Gasteiger partial charge in [0, 0.05) is 17.1 Å². The Morgan fingerprint density at radius 3 is 2.79 bits per heavy atom. The van der Waals surface area contributed by atoms with Crippen molar-refractivity contribution in [2.45, 2.75) is 45.8 Å². The second-order valence-electron chi connectivity index (χ2n) is 7.56. The second kappa shape index (κ2) is 6.81. The number of amides is 1. The molecule has 148 valence electrons. The van der Waals surface area contributed by atoms with E-state index in [1.54, 1.807) is 17.5 Å². The van der Waals surface area contributed by atoms with Crippen molar-refractivity contribution in [3.05, 3.63) is 63.3 Å². The molecule has 1 amide bonds. The summed E-state index contributed by atoms with van der Waals surface area (Å²) in [5, 5.41) is 4.45. The van der Waals surface area contributed by atoms with Gasteiger partial charge in [-0.15, -0.1) is 11.3 Å². The third-order valence-corrected chi connectivity index (χ3v) is 6.29. The summed E-state index contributed by atoms with van der Waals surface area (Å²) in [6.07, 6.45) is 3.72. The summed E-state index contributed by atoms with van der Waals surface area (Å²) in [5.74, 6) is 0.601. The third-order valence-electron chi connectivity index (χ3n) is 5.31. The molecule has 8 heteroatoms. The predicted molar refractivity (Wildman–Crippen MR) is 112 cm³/mol. The van der Waals surface area contributed by atoms with Gasteiger partial charge in [0.05, 0.1) is 22.5 Å². The van der Waals surface area contributed by atoms with Crippen LogP contribution < -0.4 is 5.56 Å². The molecule has 5 rings (SSSR count). The average molecular weight is 407 g/mol. The molecular formula is C21H21N5O2S. The number of hydrogen-bond acceptors (Lipinski definition) is 5. The molecule has 1 aliphatic carbocycles. The standard InChI is InChI=1S/C21H21N5O2S/c1-13-9-17-19(29-13)10-18-21(28)25(23-14(2)26(17)18)12-20(27)24(16-6-7-16)11-15-5-3-4-8-22-15/h3-5,8-10,16H,6-7,11-12H2,1-2H3. The lowest BCUT2D eigenvalue weighted by Gasteiger charge is -2.22. The Morgan fingerprint density at radius 2 is 2.07 bits per heavy atom. The molecule has 1 aliphatic rings. The quantitative estimate of drug-likeness (QED) is 0.510. The summed E-state index contributed by atoms with van der Waals surface area (Å²) >= 11 is 1.65. The van der Waals surface area contributed by atoms with Crippen molar-refractivity contribution >= 4 is 33.0 Å². The van der Waals surface area contributed by atoms with Gasteiger partial charge in [0.15, 0.2) is 0 Å². The zero-order valence-electron chi connectivity index (χ0n) is 16.3. The third kappa shape index (κ3) is 3.23. The van der Waals surface area contributed by atoms with Crippen LogP contribution in [0.1, 0.15) is 29.2 Å². The minimum atomic E-state index is -0.237. The van der Waals surface area contributed by atoms with E-state index in [1.807, 2.05) is 47.4 Å². The topological polar surface area (TPSA) is 72.5 Å². The van der Waals surface area contributed by atoms with E-state index in [9.17, 15) is 9.59 Å². The molecule has 0 radical (unpaired) electrons. The van der Waals surface area contributed by atoms with Crippen LogP contribution in [0.15, 0.2) is 41.3 Å². The molecule has 29 heavy (non-hydrogen) atoms. The van der Waals surface area contributed by atoms with Crippen LogP contribution >= 0.6 is 11.3 Å². The van der Waals surface area contributed by atoms with Gasteiger partial charge in [0.25, 0.3) is 5.56 Å². The number of thiophene rings is 1. The fourth-order valence-corrected chi connectivity index (χ4v) is 4.76. The molecule has 0 N–H and O–H groups in total. The number of aryl methyl sites for hydroxylation is 2. The first-order valence-corrected chi connectivity index (χ1v) is 10.5. The largest absolute Gasteiger partial charge is 0.332 e. The Labute approximate surface area is 171 Å². The predicted octanol–water partition coefficient (Wildman–Crippen LogP) is 2.91. The molecule has 0 unspecified atom stereocenters. The number of pyridine rings is 1. The maximum atomic E-state index is 13.1. The van der Waals surface area contributed by atoms with E-state index in [4.69, 9.17) is 0 Å². The Bertz CT molecular complexity index is 1280. The molecule has 1 saturated carbocycles. The summed E-state index contributed by atoms with van der Waals surface area (Å²) < 4.78 is 4.25. The van der Waals surface area contributed by atoms with Gasteiger partial charge in [0.1, 0.15) is 17.9 Å². The van der Waals surface area contributed by atoms with Gasteiger partial charge in [-0.05, 0) is 51.0 Å². The van der Waals surface area contributed by atoms with Crippen molar-refractivity contribution in [2.75, 3.05) is 0 Å². The molecule has 1 fully saturated rings. The van der Waals surface area contributed by atoms with Crippen molar-refractivity contribution in [3.8, 4) is 0 Å². The van der Waals surface area contributed by atoms with Crippen LogP contribution in [0.4, 0.5) is 0 Å². The zero-order valence-corrected chi connectivity index (χ0v) is 17.1. The SMILES string of the molecule is Cc1cc2c(cc3c(=O)n(CC(=O)N(Cc4ccccn4)C4CC4)nc(C)n32)s1. The summed E-state index contributed by atoms with van der Waals surface area (Å²) in [6, 6.07) is 9.89. The average Bonchev–Trinajstić information content (AvgIpc) is 3.38. The van der Waals surface area contributed by atoms with Crippen molar-refractivity contribution in [2.24, 2.45) is 0 Å².